The van der Waals surface area contributed by atoms with Crippen molar-refractivity contribution in [3.05, 3.63) is 28.7 Å². The van der Waals surface area contributed by atoms with Crippen LogP contribution in [0.4, 0.5) is 0 Å². The molecule has 0 aliphatic rings. The van der Waals surface area contributed by atoms with Crippen LogP contribution in [0.5, 0.6) is 0 Å². The summed E-state index contributed by atoms with van der Waals surface area (Å²) in [4.78, 5) is 0. The molecule has 0 aromatic heterocycles. The van der Waals surface area contributed by atoms with Crippen LogP contribution in [0, 0.1) is 0 Å². The summed E-state index contributed by atoms with van der Waals surface area (Å²) in [7, 11) is 29.3. The maximum Gasteiger partial charge on any atom is 0.113 e. The van der Waals surface area contributed by atoms with Gasteiger partial charge in [-0.3, -0.25) is 0 Å². The topological polar surface area (TPSA) is 0 Å². The standard InChI is InChI=1S/C12H4B5Br/c13-8-7(5-1-3-6(18)4-2-5)9(14)11(16)12(17)10(8)15/h1-4H. The Bertz CT molecular complexity index is 578. The number of halogens is 1. The number of hydrogen-bond acceptors (Lipinski definition) is 0. The number of hydrogen-bond donors (Lipinski definition) is 0. The molecule has 2 aromatic carbocycles. The average molecular weight is 282 g/mol. The van der Waals surface area contributed by atoms with Crippen molar-refractivity contribution in [2.45, 2.75) is 0 Å². The Labute approximate surface area is 122 Å². The highest BCUT2D eigenvalue weighted by molar-refractivity contribution is 9.10. The smallest absolute Gasteiger partial charge is 0.112 e. The van der Waals surface area contributed by atoms with Gasteiger partial charge in [0.2, 0.25) is 0 Å². The van der Waals surface area contributed by atoms with E-state index in [0.29, 0.717) is 16.5 Å². The Morgan fingerprint density at radius 3 is 1.44 bits per heavy atom. The highest BCUT2D eigenvalue weighted by Crippen LogP contribution is 2.17. The molecule has 2 rings (SSSR count). The van der Waals surface area contributed by atoms with E-state index in [9.17, 15) is 0 Å². The predicted octanol–water partition coefficient (Wildman–Crippen LogP) is -1.91. The third-order valence-electron chi connectivity index (χ3n) is 2.83. The Morgan fingerprint density at radius 2 is 1.00 bits per heavy atom. The summed E-state index contributed by atoms with van der Waals surface area (Å²) in [5, 5.41) is 0. The molecule has 0 saturated heterocycles. The minimum Gasteiger partial charge on any atom is -0.112 e. The quantitative estimate of drug-likeness (QED) is 0.535. The zero-order valence-corrected chi connectivity index (χ0v) is 11.2. The van der Waals surface area contributed by atoms with Crippen LogP contribution in [0.2, 0.25) is 0 Å². The van der Waals surface area contributed by atoms with Crippen LogP contribution >= 0.6 is 15.9 Å². The first-order valence-electron chi connectivity index (χ1n) is 5.20. The van der Waals surface area contributed by atoms with Gasteiger partial charge in [-0.25, -0.2) is 0 Å². The summed E-state index contributed by atoms with van der Waals surface area (Å²) in [6.45, 7) is 0. The predicted molar refractivity (Wildman–Crippen MR) is 86.5 cm³/mol. The maximum absolute atomic E-state index is 5.97. The van der Waals surface area contributed by atoms with Gasteiger partial charge < -0.3 is 0 Å². The molecule has 0 saturated carbocycles. The van der Waals surface area contributed by atoms with E-state index in [1.165, 1.54) is 0 Å². The molecule has 18 heavy (non-hydrogen) atoms. The second-order valence-corrected chi connectivity index (χ2v) is 4.87. The molecular formula is C12H4B5Br. The Kier molecular flexibility index (Phi) is 3.86. The van der Waals surface area contributed by atoms with E-state index < -0.39 is 0 Å². The summed E-state index contributed by atoms with van der Waals surface area (Å²) in [5.74, 6) is 0. The Balaban J connectivity index is 2.75. The van der Waals surface area contributed by atoms with Gasteiger partial charge in [-0.15, -0.1) is 16.4 Å². The van der Waals surface area contributed by atoms with Gasteiger partial charge in [-0.05, 0) is 23.3 Å². The molecule has 0 amide bonds. The fourth-order valence-electron chi connectivity index (χ4n) is 1.78. The van der Waals surface area contributed by atoms with Gasteiger partial charge in [0.15, 0.2) is 0 Å². The lowest BCUT2D eigenvalue weighted by Crippen LogP contribution is -2.55. The van der Waals surface area contributed by atoms with Gasteiger partial charge in [0.05, 0.1) is 0 Å². The van der Waals surface area contributed by atoms with Crippen molar-refractivity contribution in [3.8, 4) is 11.1 Å². The largest absolute Gasteiger partial charge is 0.113 e. The molecule has 0 N–H and O–H groups in total. The molecule has 0 aliphatic heterocycles. The zero-order chi connectivity index (χ0) is 13.4. The van der Waals surface area contributed by atoms with Gasteiger partial charge in [0.1, 0.15) is 39.2 Å². The van der Waals surface area contributed by atoms with Crippen LogP contribution in [0.15, 0.2) is 28.7 Å². The van der Waals surface area contributed by atoms with Crippen molar-refractivity contribution in [2.24, 2.45) is 0 Å². The van der Waals surface area contributed by atoms with Gasteiger partial charge in [0, 0.05) is 4.47 Å². The number of benzene rings is 2. The van der Waals surface area contributed by atoms with Gasteiger partial charge >= 0.3 is 0 Å². The highest BCUT2D eigenvalue weighted by Gasteiger charge is 2.11. The van der Waals surface area contributed by atoms with E-state index in [1.54, 1.807) is 0 Å². The van der Waals surface area contributed by atoms with Gasteiger partial charge in [0.25, 0.3) is 0 Å². The molecule has 0 spiro atoms. The monoisotopic (exact) mass is 282 g/mol. The fraction of sp³-hybridized carbons (Fsp3) is 0. The molecular weight excluding hydrogens is 278 g/mol. The van der Waals surface area contributed by atoms with E-state index in [4.69, 9.17) is 39.2 Å². The van der Waals surface area contributed by atoms with E-state index in [2.05, 4.69) is 15.9 Å². The second kappa shape index (κ2) is 5.09. The Hall–Kier alpha value is -0.755. The molecule has 0 fully saturated rings. The van der Waals surface area contributed by atoms with Crippen molar-refractivity contribution in [1.82, 2.24) is 0 Å². The van der Waals surface area contributed by atoms with E-state index in [1.807, 2.05) is 24.3 Å². The van der Waals surface area contributed by atoms with E-state index in [0.717, 1.165) is 10.0 Å². The van der Waals surface area contributed by atoms with Crippen LogP contribution < -0.4 is 27.3 Å². The first kappa shape index (κ1) is 13.7. The van der Waals surface area contributed by atoms with Crippen molar-refractivity contribution in [3.63, 3.8) is 0 Å². The van der Waals surface area contributed by atoms with Crippen LogP contribution in [0.3, 0.4) is 0 Å². The average Bonchev–Trinajstić information content (AvgIpc) is 2.36. The molecule has 0 aliphatic carbocycles. The van der Waals surface area contributed by atoms with Crippen LogP contribution in [-0.4, -0.2) is 39.2 Å². The van der Waals surface area contributed by atoms with Gasteiger partial charge in [-0.2, -0.15) is 0 Å². The van der Waals surface area contributed by atoms with E-state index in [-0.39, 0.29) is 16.4 Å². The zero-order valence-electron chi connectivity index (χ0n) is 9.57. The van der Waals surface area contributed by atoms with Crippen LogP contribution in [0.1, 0.15) is 0 Å². The van der Waals surface area contributed by atoms with Crippen molar-refractivity contribution >= 4 is 82.5 Å². The molecule has 0 unspecified atom stereocenters. The Morgan fingerprint density at radius 1 is 0.611 bits per heavy atom. The lowest BCUT2D eigenvalue weighted by Gasteiger charge is -2.21. The molecule has 10 radical (unpaired) electrons. The first-order chi connectivity index (χ1) is 8.43. The molecule has 0 nitrogen and oxygen atoms in total. The fourth-order valence-corrected chi connectivity index (χ4v) is 2.04. The first-order valence-corrected chi connectivity index (χ1v) is 6.00. The second-order valence-electron chi connectivity index (χ2n) is 3.95. The van der Waals surface area contributed by atoms with Crippen LogP contribution in [0.25, 0.3) is 11.1 Å². The molecule has 74 valence electrons. The molecule has 6 heteroatoms. The summed E-state index contributed by atoms with van der Waals surface area (Å²) in [5.41, 5.74) is 2.91. The minimum atomic E-state index is 0.228. The van der Waals surface area contributed by atoms with Crippen molar-refractivity contribution in [1.29, 1.82) is 0 Å². The number of rotatable bonds is 1. The third kappa shape index (κ3) is 2.23. The highest BCUT2D eigenvalue weighted by atomic mass is 79.9. The summed E-state index contributed by atoms with van der Waals surface area (Å²) in [6, 6.07) is 7.52. The summed E-state index contributed by atoms with van der Waals surface area (Å²) < 4.78 is 0.958. The lowest BCUT2D eigenvalue weighted by molar-refractivity contribution is 1.64. The molecule has 0 heterocycles. The molecule has 0 bridgehead atoms. The van der Waals surface area contributed by atoms with Gasteiger partial charge in [-0.1, -0.05) is 39.0 Å². The maximum atomic E-state index is 5.97. The summed E-state index contributed by atoms with van der Waals surface area (Å²) >= 11 is 3.36. The SMILES string of the molecule is [B]c1c([B])c([B])c(-c2ccc(Br)cc2)c([B])c1[B]. The third-order valence-corrected chi connectivity index (χ3v) is 3.36. The van der Waals surface area contributed by atoms with Crippen molar-refractivity contribution in [2.75, 3.05) is 0 Å². The summed E-state index contributed by atoms with van der Waals surface area (Å²) in [6.07, 6.45) is 0. The lowest BCUT2D eigenvalue weighted by atomic mass is 9.60. The minimum absolute atomic E-state index is 0.228. The van der Waals surface area contributed by atoms with E-state index >= 15 is 0 Å². The molecule has 0 atom stereocenters. The molecule has 2 aromatic rings. The van der Waals surface area contributed by atoms with Crippen molar-refractivity contribution < 1.29 is 0 Å². The normalized spacial score (nSPS) is 10.5. The van der Waals surface area contributed by atoms with Crippen LogP contribution in [-0.2, 0) is 0 Å².